The lowest BCUT2D eigenvalue weighted by Gasteiger charge is -2.17. The predicted octanol–water partition coefficient (Wildman–Crippen LogP) is 0.788. The van der Waals surface area contributed by atoms with Crippen LogP contribution in [-0.2, 0) is 26.0 Å². The minimum atomic E-state index is -3.37. The zero-order chi connectivity index (χ0) is 20.4. The van der Waals surface area contributed by atoms with Crippen molar-refractivity contribution in [2.24, 2.45) is 0 Å². The molecule has 10 heteroatoms. The standard InChI is InChI=1S/C17H23N3O6S/c1-10(2)18-17(23)19-15(21)11(3)26-16(22)13-5-6-14-12(9-13)7-8-20(14)27(4,24)25/h5-6,9-11H,7-8H2,1-4H3,(H2,18,19,21,23)/t11-/m1/s1. The summed E-state index contributed by atoms with van der Waals surface area (Å²) in [6, 6.07) is 3.73. The van der Waals surface area contributed by atoms with E-state index in [0.717, 1.165) is 6.26 Å². The highest BCUT2D eigenvalue weighted by Crippen LogP contribution is 2.30. The molecule has 0 radical (unpaired) electrons. The van der Waals surface area contributed by atoms with Gasteiger partial charge in [-0.3, -0.25) is 14.4 Å². The Morgan fingerprint density at radius 1 is 1.19 bits per heavy atom. The topological polar surface area (TPSA) is 122 Å². The molecule has 0 fully saturated rings. The third-order valence-corrected chi connectivity index (χ3v) is 5.06. The van der Waals surface area contributed by atoms with Gasteiger partial charge in [0.2, 0.25) is 10.0 Å². The smallest absolute Gasteiger partial charge is 0.338 e. The second kappa shape index (κ2) is 7.95. The lowest BCUT2D eigenvalue weighted by atomic mass is 10.1. The molecule has 0 aromatic heterocycles. The van der Waals surface area contributed by atoms with Gasteiger partial charge in [0, 0.05) is 12.6 Å². The number of urea groups is 1. The van der Waals surface area contributed by atoms with E-state index in [1.165, 1.54) is 17.3 Å². The molecule has 0 saturated heterocycles. The molecule has 1 heterocycles. The van der Waals surface area contributed by atoms with E-state index in [9.17, 15) is 22.8 Å². The number of esters is 1. The van der Waals surface area contributed by atoms with Gasteiger partial charge in [-0.2, -0.15) is 0 Å². The van der Waals surface area contributed by atoms with Crippen molar-refractivity contribution in [3.05, 3.63) is 29.3 Å². The normalized spacial score (nSPS) is 14.5. The van der Waals surface area contributed by atoms with Crippen molar-refractivity contribution in [1.82, 2.24) is 10.6 Å². The van der Waals surface area contributed by atoms with E-state index in [-0.39, 0.29) is 11.6 Å². The van der Waals surface area contributed by atoms with Crippen LogP contribution in [-0.4, -0.2) is 51.3 Å². The number of anilines is 1. The predicted molar refractivity (Wildman–Crippen MR) is 99.0 cm³/mol. The average Bonchev–Trinajstić information content (AvgIpc) is 2.96. The van der Waals surface area contributed by atoms with Gasteiger partial charge in [-0.25, -0.2) is 18.0 Å². The molecule has 2 rings (SSSR count). The zero-order valence-corrected chi connectivity index (χ0v) is 16.4. The Kier molecular flexibility index (Phi) is 6.09. The number of sulfonamides is 1. The Balaban J connectivity index is 2.02. The maximum Gasteiger partial charge on any atom is 0.338 e. The average molecular weight is 397 g/mol. The van der Waals surface area contributed by atoms with Crippen LogP contribution in [0.25, 0.3) is 0 Å². The van der Waals surface area contributed by atoms with Crippen molar-refractivity contribution < 1.29 is 27.5 Å². The number of amides is 3. The van der Waals surface area contributed by atoms with Gasteiger partial charge in [-0.1, -0.05) is 0 Å². The number of hydrogen-bond donors (Lipinski definition) is 2. The fraction of sp³-hybridized carbons (Fsp3) is 0.471. The second-order valence-corrected chi connectivity index (χ2v) is 8.50. The van der Waals surface area contributed by atoms with E-state index < -0.39 is 34.0 Å². The first-order chi connectivity index (χ1) is 12.5. The summed E-state index contributed by atoms with van der Waals surface area (Å²) >= 11 is 0. The molecule has 9 nitrogen and oxygen atoms in total. The summed E-state index contributed by atoms with van der Waals surface area (Å²) < 4.78 is 29.9. The molecule has 1 aromatic rings. The summed E-state index contributed by atoms with van der Waals surface area (Å²) in [5, 5.41) is 4.59. The van der Waals surface area contributed by atoms with Gasteiger partial charge in [0.25, 0.3) is 5.91 Å². The molecule has 0 saturated carbocycles. The number of nitrogens with one attached hydrogen (secondary N) is 2. The van der Waals surface area contributed by atoms with Crippen LogP contribution >= 0.6 is 0 Å². The molecule has 148 valence electrons. The molecular weight excluding hydrogens is 374 g/mol. The highest BCUT2D eigenvalue weighted by atomic mass is 32.2. The van der Waals surface area contributed by atoms with Crippen LogP contribution in [0, 0.1) is 0 Å². The number of carbonyl (C=O) groups excluding carboxylic acids is 3. The minimum absolute atomic E-state index is 0.145. The highest BCUT2D eigenvalue weighted by molar-refractivity contribution is 7.92. The third kappa shape index (κ3) is 5.19. The fourth-order valence-corrected chi connectivity index (χ4v) is 3.60. The number of carbonyl (C=O) groups is 3. The van der Waals surface area contributed by atoms with E-state index in [4.69, 9.17) is 4.74 Å². The van der Waals surface area contributed by atoms with Gasteiger partial charge in [0.1, 0.15) is 0 Å². The molecule has 0 spiro atoms. The summed E-state index contributed by atoms with van der Waals surface area (Å²) in [4.78, 5) is 35.7. The number of rotatable bonds is 5. The molecule has 1 aliphatic rings. The Hall–Kier alpha value is -2.62. The van der Waals surface area contributed by atoms with Gasteiger partial charge >= 0.3 is 12.0 Å². The first-order valence-electron chi connectivity index (χ1n) is 8.42. The number of ether oxygens (including phenoxy) is 1. The summed E-state index contributed by atoms with van der Waals surface area (Å²) in [6.45, 7) is 5.16. The van der Waals surface area contributed by atoms with Crippen LogP contribution in [0.15, 0.2) is 18.2 Å². The lowest BCUT2D eigenvalue weighted by Crippen LogP contribution is -2.46. The lowest BCUT2D eigenvalue weighted by molar-refractivity contribution is -0.127. The fourth-order valence-electron chi connectivity index (χ4n) is 2.64. The second-order valence-electron chi connectivity index (χ2n) is 6.59. The molecule has 1 aromatic carbocycles. The number of hydrogen-bond acceptors (Lipinski definition) is 6. The van der Waals surface area contributed by atoms with Crippen molar-refractivity contribution in [3.63, 3.8) is 0 Å². The first-order valence-corrected chi connectivity index (χ1v) is 10.3. The van der Waals surface area contributed by atoms with E-state index in [1.807, 2.05) is 0 Å². The van der Waals surface area contributed by atoms with Crippen LogP contribution in [0.3, 0.4) is 0 Å². The van der Waals surface area contributed by atoms with E-state index in [1.54, 1.807) is 26.0 Å². The van der Waals surface area contributed by atoms with Crippen molar-refractivity contribution in [1.29, 1.82) is 0 Å². The Morgan fingerprint density at radius 3 is 2.44 bits per heavy atom. The quantitative estimate of drug-likeness (QED) is 0.709. The Labute approximate surface area is 158 Å². The van der Waals surface area contributed by atoms with Crippen LogP contribution in [0.2, 0.25) is 0 Å². The van der Waals surface area contributed by atoms with Crippen molar-refractivity contribution >= 4 is 33.6 Å². The van der Waals surface area contributed by atoms with Gasteiger partial charge in [0.15, 0.2) is 6.10 Å². The SMILES string of the molecule is CC(C)NC(=O)NC(=O)[C@@H](C)OC(=O)c1ccc2c(c1)CCN2S(C)(=O)=O. The number of fused-ring (bicyclic) bond motifs is 1. The molecule has 1 aliphatic heterocycles. The Bertz CT molecular complexity index is 865. The summed E-state index contributed by atoms with van der Waals surface area (Å²) in [5.41, 5.74) is 1.45. The maximum atomic E-state index is 12.3. The van der Waals surface area contributed by atoms with E-state index in [2.05, 4.69) is 10.6 Å². The van der Waals surface area contributed by atoms with E-state index in [0.29, 0.717) is 24.2 Å². The van der Waals surface area contributed by atoms with Crippen LogP contribution < -0.4 is 14.9 Å². The number of benzene rings is 1. The summed E-state index contributed by atoms with van der Waals surface area (Å²) in [5.74, 6) is -1.48. The molecule has 0 bridgehead atoms. The summed E-state index contributed by atoms with van der Waals surface area (Å²) in [6.07, 6.45) is 0.436. The number of imide groups is 1. The number of nitrogens with zero attached hydrogens (tertiary/aromatic N) is 1. The minimum Gasteiger partial charge on any atom is -0.449 e. The molecule has 0 unspecified atom stereocenters. The van der Waals surface area contributed by atoms with E-state index >= 15 is 0 Å². The van der Waals surface area contributed by atoms with Gasteiger partial charge in [-0.15, -0.1) is 0 Å². The van der Waals surface area contributed by atoms with Gasteiger partial charge in [0.05, 0.1) is 17.5 Å². The van der Waals surface area contributed by atoms with Crippen molar-refractivity contribution in [2.45, 2.75) is 39.3 Å². The molecule has 0 aliphatic carbocycles. The zero-order valence-electron chi connectivity index (χ0n) is 15.6. The van der Waals surface area contributed by atoms with Crippen LogP contribution in [0.1, 0.15) is 36.7 Å². The Morgan fingerprint density at radius 2 is 1.85 bits per heavy atom. The third-order valence-electron chi connectivity index (χ3n) is 3.88. The monoisotopic (exact) mass is 397 g/mol. The van der Waals surface area contributed by atoms with Gasteiger partial charge < -0.3 is 10.1 Å². The van der Waals surface area contributed by atoms with Crippen LogP contribution in [0.5, 0.6) is 0 Å². The molecule has 1 atom stereocenters. The highest BCUT2D eigenvalue weighted by Gasteiger charge is 2.28. The van der Waals surface area contributed by atoms with Crippen molar-refractivity contribution in [3.8, 4) is 0 Å². The molecular formula is C17H23N3O6S. The van der Waals surface area contributed by atoms with Crippen molar-refractivity contribution in [2.75, 3.05) is 17.1 Å². The molecule has 2 N–H and O–H groups in total. The first kappa shape index (κ1) is 20.7. The molecule has 27 heavy (non-hydrogen) atoms. The largest absolute Gasteiger partial charge is 0.449 e. The molecule has 3 amide bonds. The summed E-state index contributed by atoms with van der Waals surface area (Å²) in [7, 11) is -3.37. The van der Waals surface area contributed by atoms with Gasteiger partial charge in [-0.05, 0) is 51.0 Å². The maximum absolute atomic E-state index is 12.3. The van der Waals surface area contributed by atoms with Crippen LogP contribution in [0.4, 0.5) is 10.5 Å².